The minimum Gasteiger partial charge on any atom is -0.399 e. The Hall–Kier alpha value is -1.60. The lowest BCUT2D eigenvalue weighted by Gasteiger charge is -1.90. The van der Waals surface area contributed by atoms with Crippen LogP contribution < -0.4 is 5.73 Å². The van der Waals surface area contributed by atoms with E-state index in [0.717, 1.165) is 0 Å². The number of carbonyl (C=O) groups excluding carboxylic acids is 1. The van der Waals surface area contributed by atoms with Gasteiger partial charge in [0.1, 0.15) is 0 Å². The van der Waals surface area contributed by atoms with E-state index in [1.807, 2.05) is 0 Å². The van der Waals surface area contributed by atoms with Gasteiger partial charge in [0.05, 0.1) is 5.69 Å². The Balaban J connectivity index is 3.06. The molecule has 3 heteroatoms. The summed E-state index contributed by atoms with van der Waals surface area (Å²) in [6.07, 6.45) is 1.43. The lowest BCUT2D eigenvalue weighted by atomic mass is 10.3. The topological polar surface area (TPSA) is 55.4 Å². The summed E-state index contributed by atoms with van der Waals surface area (Å²) in [6.45, 7) is 0. The zero-order chi connectivity index (χ0) is 7.40. The van der Waals surface area contributed by atoms with Crippen molar-refractivity contribution >= 4 is 17.5 Å². The smallest absolute Gasteiger partial charge is 0.240 e. The fourth-order valence-electron chi connectivity index (χ4n) is 0.647. The molecular formula is C7H6N2O. The molecule has 3 nitrogen and oxygen atoms in total. The zero-order valence-corrected chi connectivity index (χ0v) is 5.24. The maximum absolute atomic E-state index is 9.75. The first-order valence-corrected chi connectivity index (χ1v) is 2.76. The number of anilines is 1. The van der Waals surface area contributed by atoms with E-state index < -0.39 is 0 Å². The molecule has 0 spiro atoms. The lowest BCUT2D eigenvalue weighted by molar-refractivity contribution is 0.565. The van der Waals surface area contributed by atoms with Crippen molar-refractivity contribution < 1.29 is 4.79 Å². The van der Waals surface area contributed by atoms with Gasteiger partial charge in [-0.05, 0) is 18.2 Å². The van der Waals surface area contributed by atoms with Crippen molar-refractivity contribution in [2.75, 3.05) is 5.73 Å². The molecular weight excluding hydrogens is 128 g/mol. The zero-order valence-electron chi connectivity index (χ0n) is 5.24. The van der Waals surface area contributed by atoms with Crippen LogP contribution in [0.1, 0.15) is 0 Å². The molecule has 0 atom stereocenters. The van der Waals surface area contributed by atoms with Crippen molar-refractivity contribution in [3.63, 3.8) is 0 Å². The maximum Gasteiger partial charge on any atom is 0.240 e. The molecule has 0 aliphatic rings. The van der Waals surface area contributed by atoms with Gasteiger partial charge in [-0.1, -0.05) is 6.07 Å². The Morgan fingerprint density at radius 2 is 2.30 bits per heavy atom. The molecule has 1 aromatic rings. The molecule has 10 heavy (non-hydrogen) atoms. The lowest BCUT2D eigenvalue weighted by Crippen LogP contribution is -1.80. The Labute approximate surface area is 58.2 Å². The first-order valence-electron chi connectivity index (χ1n) is 2.76. The highest BCUT2D eigenvalue weighted by Crippen LogP contribution is 2.13. The summed E-state index contributed by atoms with van der Waals surface area (Å²) in [5, 5.41) is 0. The predicted molar refractivity (Wildman–Crippen MR) is 38.6 cm³/mol. The van der Waals surface area contributed by atoms with E-state index in [2.05, 4.69) is 4.99 Å². The standard InChI is InChI=1S/C7H6N2O/c8-6-2-1-3-7(4-6)9-5-10/h1-4H,8H2. The molecule has 2 N–H and O–H groups in total. The van der Waals surface area contributed by atoms with E-state index >= 15 is 0 Å². The highest BCUT2D eigenvalue weighted by atomic mass is 16.1. The second kappa shape index (κ2) is 2.80. The van der Waals surface area contributed by atoms with Gasteiger partial charge in [0.15, 0.2) is 0 Å². The number of nitrogen functional groups attached to an aromatic ring is 1. The number of nitrogens with zero attached hydrogens (tertiary/aromatic N) is 1. The van der Waals surface area contributed by atoms with E-state index in [4.69, 9.17) is 5.73 Å². The summed E-state index contributed by atoms with van der Waals surface area (Å²) >= 11 is 0. The van der Waals surface area contributed by atoms with Crippen molar-refractivity contribution in [3.05, 3.63) is 24.3 Å². The Bertz CT molecular complexity index is 277. The molecule has 0 aromatic heterocycles. The van der Waals surface area contributed by atoms with Crippen LogP contribution in [-0.2, 0) is 4.79 Å². The van der Waals surface area contributed by atoms with Gasteiger partial charge in [-0.3, -0.25) is 0 Å². The maximum atomic E-state index is 9.75. The SMILES string of the molecule is Nc1cccc(N=C=O)c1. The number of aliphatic imine (C=N–C) groups is 1. The number of nitrogens with two attached hydrogens (primary N) is 1. The van der Waals surface area contributed by atoms with E-state index in [-0.39, 0.29) is 0 Å². The van der Waals surface area contributed by atoms with Gasteiger partial charge in [0, 0.05) is 5.69 Å². The molecule has 0 fully saturated rings. The molecule has 0 unspecified atom stereocenters. The second-order valence-corrected chi connectivity index (χ2v) is 1.80. The fourth-order valence-corrected chi connectivity index (χ4v) is 0.647. The average Bonchev–Trinajstić information content (AvgIpc) is 1.88. The Morgan fingerprint density at radius 3 is 2.90 bits per heavy atom. The van der Waals surface area contributed by atoms with Crippen molar-refractivity contribution in [2.45, 2.75) is 0 Å². The van der Waals surface area contributed by atoms with Gasteiger partial charge in [0.25, 0.3) is 0 Å². The van der Waals surface area contributed by atoms with Gasteiger partial charge in [-0.15, -0.1) is 0 Å². The summed E-state index contributed by atoms with van der Waals surface area (Å²) in [7, 11) is 0. The number of hydrogen-bond acceptors (Lipinski definition) is 3. The van der Waals surface area contributed by atoms with Gasteiger partial charge >= 0.3 is 0 Å². The van der Waals surface area contributed by atoms with Gasteiger partial charge in [0.2, 0.25) is 6.08 Å². The van der Waals surface area contributed by atoms with E-state index in [1.54, 1.807) is 24.3 Å². The van der Waals surface area contributed by atoms with Crippen LogP contribution in [0, 0.1) is 0 Å². The van der Waals surface area contributed by atoms with Crippen molar-refractivity contribution in [1.29, 1.82) is 0 Å². The van der Waals surface area contributed by atoms with Crippen LogP contribution in [-0.4, -0.2) is 6.08 Å². The van der Waals surface area contributed by atoms with Crippen LogP contribution in [0.5, 0.6) is 0 Å². The number of rotatable bonds is 1. The highest BCUT2D eigenvalue weighted by molar-refractivity contribution is 5.55. The monoisotopic (exact) mass is 134 g/mol. The average molecular weight is 134 g/mol. The van der Waals surface area contributed by atoms with Crippen LogP contribution in [0.3, 0.4) is 0 Å². The minimum atomic E-state index is 0.537. The van der Waals surface area contributed by atoms with Crippen LogP contribution in [0.15, 0.2) is 29.3 Å². The third-order valence-electron chi connectivity index (χ3n) is 1.04. The molecule has 0 amide bonds. The minimum absolute atomic E-state index is 0.537. The van der Waals surface area contributed by atoms with Crippen LogP contribution >= 0.6 is 0 Å². The van der Waals surface area contributed by atoms with Gasteiger partial charge < -0.3 is 5.73 Å². The molecule has 0 aliphatic heterocycles. The normalized spacial score (nSPS) is 8.40. The quantitative estimate of drug-likeness (QED) is 0.357. The Kier molecular flexibility index (Phi) is 1.83. The van der Waals surface area contributed by atoms with Crippen LogP contribution in [0.4, 0.5) is 11.4 Å². The summed E-state index contributed by atoms with van der Waals surface area (Å²) in [5.41, 5.74) is 6.53. The van der Waals surface area contributed by atoms with Crippen LogP contribution in [0.2, 0.25) is 0 Å². The number of hydrogen-bond donors (Lipinski definition) is 1. The third-order valence-corrected chi connectivity index (χ3v) is 1.04. The summed E-state index contributed by atoms with van der Waals surface area (Å²) in [6, 6.07) is 6.74. The number of benzene rings is 1. The predicted octanol–water partition coefficient (Wildman–Crippen LogP) is 1.24. The highest BCUT2D eigenvalue weighted by Gasteiger charge is 1.86. The van der Waals surface area contributed by atoms with Gasteiger partial charge in [-0.25, -0.2) is 4.79 Å². The van der Waals surface area contributed by atoms with Crippen molar-refractivity contribution in [1.82, 2.24) is 0 Å². The Morgan fingerprint density at radius 1 is 1.50 bits per heavy atom. The van der Waals surface area contributed by atoms with E-state index in [0.29, 0.717) is 11.4 Å². The molecule has 0 radical (unpaired) electrons. The molecule has 0 saturated carbocycles. The number of isocyanates is 1. The first-order chi connectivity index (χ1) is 4.83. The fraction of sp³-hybridized carbons (Fsp3) is 0. The van der Waals surface area contributed by atoms with Crippen molar-refractivity contribution in [3.8, 4) is 0 Å². The summed E-state index contributed by atoms with van der Waals surface area (Å²) in [4.78, 5) is 13.1. The van der Waals surface area contributed by atoms with E-state index in [1.165, 1.54) is 6.08 Å². The molecule has 1 aromatic carbocycles. The molecule has 0 heterocycles. The van der Waals surface area contributed by atoms with Gasteiger partial charge in [-0.2, -0.15) is 4.99 Å². The molecule has 0 saturated heterocycles. The molecule has 50 valence electrons. The third kappa shape index (κ3) is 1.44. The summed E-state index contributed by atoms with van der Waals surface area (Å²) < 4.78 is 0. The summed E-state index contributed by atoms with van der Waals surface area (Å²) in [5.74, 6) is 0. The van der Waals surface area contributed by atoms with Crippen molar-refractivity contribution in [2.24, 2.45) is 4.99 Å². The van der Waals surface area contributed by atoms with E-state index in [9.17, 15) is 4.79 Å². The second-order valence-electron chi connectivity index (χ2n) is 1.80. The first kappa shape index (κ1) is 6.52. The van der Waals surface area contributed by atoms with Crippen LogP contribution in [0.25, 0.3) is 0 Å². The molecule has 0 aliphatic carbocycles. The molecule has 0 bridgehead atoms. The largest absolute Gasteiger partial charge is 0.399 e. The molecule has 1 rings (SSSR count).